The number of pyridine rings is 1. The van der Waals surface area contributed by atoms with Crippen molar-refractivity contribution in [3.8, 4) is 6.07 Å². The van der Waals surface area contributed by atoms with E-state index in [-0.39, 0.29) is 23.1 Å². The van der Waals surface area contributed by atoms with Crippen LogP contribution < -0.4 is 0 Å². The van der Waals surface area contributed by atoms with Gasteiger partial charge in [0, 0.05) is 12.8 Å². The minimum absolute atomic E-state index is 0.209. The number of hydrogen-bond donors (Lipinski definition) is 0. The number of hydrogen-bond acceptors (Lipinski definition) is 2. The van der Waals surface area contributed by atoms with Gasteiger partial charge in [-0.15, -0.1) is 0 Å². The van der Waals surface area contributed by atoms with Gasteiger partial charge in [0.05, 0.1) is 11.5 Å². The third-order valence-electron chi connectivity index (χ3n) is 2.67. The molecule has 1 aromatic heterocycles. The summed E-state index contributed by atoms with van der Waals surface area (Å²) in [5.41, 5.74) is -0.112. The minimum atomic E-state index is -0.907. The summed E-state index contributed by atoms with van der Waals surface area (Å²) in [7, 11) is 0. The van der Waals surface area contributed by atoms with E-state index in [0.717, 1.165) is 0 Å². The standard InChI is InChI=1S/C10H7Cl2FN2/c11-8-1-6(2-9(12)15-8)10(5-14)3-7(13)4-10/h1-2,7H,3-4H2. The maximum atomic E-state index is 12.9. The van der Waals surface area contributed by atoms with E-state index in [1.165, 1.54) is 0 Å². The van der Waals surface area contributed by atoms with Crippen LogP contribution in [0, 0.1) is 11.3 Å². The zero-order chi connectivity index (χ0) is 11.1. The van der Waals surface area contributed by atoms with Crippen molar-refractivity contribution in [3.05, 3.63) is 28.0 Å². The average molecular weight is 245 g/mol. The first-order valence-electron chi connectivity index (χ1n) is 4.45. The van der Waals surface area contributed by atoms with Crippen LogP contribution in [0.1, 0.15) is 18.4 Å². The first-order chi connectivity index (χ1) is 7.05. The Kier molecular flexibility index (Phi) is 2.57. The topological polar surface area (TPSA) is 36.7 Å². The van der Waals surface area contributed by atoms with Crippen LogP contribution >= 0.6 is 23.2 Å². The highest BCUT2D eigenvalue weighted by molar-refractivity contribution is 6.32. The van der Waals surface area contributed by atoms with E-state index < -0.39 is 11.6 Å². The fourth-order valence-corrected chi connectivity index (χ4v) is 2.29. The zero-order valence-corrected chi connectivity index (χ0v) is 9.19. The average Bonchev–Trinajstić information content (AvgIpc) is 2.10. The van der Waals surface area contributed by atoms with Gasteiger partial charge in [-0.05, 0) is 17.7 Å². The maximum Gasteiger partial charge on any atom is 0.131 e. The molecule has 1 aromatic rings. The number of halogens is 3. The van der Waals surface area contributed by atoms with Crippen LogP contribution in [0.5, 0.6) is 0 Å². The van der Waals surface area contributed by atoms with E-state index >= 15 is 0 Å². The second kappa shape index (κ2) is 3.62. The van der Waals surface area contributed by atoms with Crippen LogP contribution in [-0.4, -0.2) is 11.2 Å². The molecule has 1 heterocycles. The Morgan fingerprint density at radius 1 is 1.40 bits per heavy atom. The largest absolute Gasteiger partial charge is 0.247 e. The lowest BCUT2D eigenvalue weighted by atomic mass is 9.64. The molecule has 2 nitrogen and oxygen atoms in total. The third kappa shape index (κ3) is 1.80. The number of aromatic nitrogens is 1. The molecule has 1 fully saturated rings. The monoisotopic (exact) mass is 244 g/mol. The first-order valence-corrected chi connectivity index (χ1v) is 5.20. The molecular formula is C10H7Cl2FN2. The van der Waals surface area contributed by atoms with Gasteiger partial charge >= 0.3 is 0 Å². The highest BCUT2D eigenvalue weighted by Gasteiger charge is 2.46. The van der Waals surface area contributed by atoms with Gasteiger partial charge in [0.15, 0.2) is 0 Å². The Morgan fingerprint density at radius 3 is 2.33 bits per heavy atom. The van der Waals surface area contributed by atoms with Gasteiger partial charge in [0.25, 0.3) is 0 Å². The normalized spacial score (nSPS) is 29.3. The van der Waals surface area contributed by atoms with Crippen molar-refractivity contribution < 1.29 is 4.39 Å². The van der Waals surface area contributed by atoms with Crippen LogP contribution in [0.2, 0.25) is 10.3 Å². The molecule has 0 unspecified atom stereocenters. The summed E-state index contributed by atoms with van der Waals surface area (Å²) in [6.07, 6.45) is -0.490. The Morgan fingerprint density at radius 2 is 1.93 bits per heavy atom. The summed E-state index contributed by atoms with van der Waals surface area (Å²) in [5, 5.41) is 9.53. The van der Waals surface area contributed by atoms with E-state index in [2.05, 4.69) is 11.1 Å². The molecule has 0 aliphatic heterocycles. The van der Waals surface area contributed by atoms with Gasteiger partial charge in [-0.2, -0.15) is 5.26 Å². The van der Waals surface area contributed by atoms with E-state index in [1.807, 2.05) is 0 Å². The first kappa shape index (κ1) is 10.7. The molecule has 0 spiro atoms. The lowest BCUT2D eigenvalue weighted by Crippen LogP contribution is -2.41. The SMILES string of the molecule is N#CC1(c2cc(Cl)nc(Cl)c2)CC(F)C1. The van der Waals surface area contributed by atoms with Crippen molar-refractivity contribution >= 4 is 23.2 Å². The second-order valence-electron chi connectivity index (χ2n) is 3.70. The van der Waals surface area contributed by atoms with Gasteiger partial charge in [0.1, 0.15) is 16.5 Å². The number of nitrogens with zero attached hydrogens (tertiary/aromatic N) is 2. The van der Waals surface area contributed by atoms with Crippen molar-refractivity contribution in [2.45, 2.75) is 24.4 Å². The lowest BCUT2D eigenvalue weighted by Gasteiger charge is -2.38. The number of nitriles is 1. The zero-order valence-electron chi connectivity index (χ0n) is 7.67. The molecule has 0 atom stereocenters. The molecule has 0 saturated heterocycles. The Hall–Kier alpha value is -0.850. The second-order valence-corrected chi connectivity index (χ2v) is 4.48. The summed E-state index contributed by atoms with van der Waals surface area (Å²) in [6, 6.07) is 5.27. The van der Waals surface area contributed by atoms with Crippen LogP contribution in [0.4, 0.5) is 4.39 Å². The van der Waals surface area contributed by atoms with Crippen molar-refractivity contribution in [1.29, 1.82) is 5.26 Å². The minimum Gasteiger partial charge on any atom is -0.247 e. The predicted octanol–water partition coefficient (Wildman–Crippen LogP) is 3.28. The van der Waals surface area contributed by atoms with Crippen molar-refractivity contribution in [2.24, 2.45) is 0 Å². The quantitative estimate of drug-likeness (QED) is 0.712. The van der Waals surface area contributed by atoms with E-state index in [1.54, 1.807) is 12.1 Å². The fourth-order valence-electron chi connectivity index (χ4n) is 1.83. The molecule has 1 aliphatic carbocycles. The molecule has 1 aliphatic rings. The molecular weight excluding hydrogens is 238 g/mol. The third-order valence-corrected chi connectivity index (χ3v) is 3.06. The van der Waals surface area contributed by atoms with Crippen LogP contribution in [0.15, 0.2) is 12.1 Å². The Labute approximate surface area is 96.6 Å². The summed E-state index contributed by atoms with van der Waals surface area (Å²) >= 11 is 11.5. The molecule has 0 bridgehead atoms. The van der Waals surface area contributed by atoms with Gasteiger partial charge in [0.2, 0.25) is 0 Å². The summed E-state index contributed by atoms with van der Waals surface area (Å²) in [5.74, 6) is 0. The molecule has 0 amide bonds. The van der Waals surface area contributed by atoms with Gasteiger partial charge in [-0.3, -0.25) is 0 Å². The van der Waals surface area contributed by atoms with Crippen LogP contribution in [0.25, 0.3) is 0 Å². The molecule has 0 radical (unpaired) electrons. The molecule has 15 heavy (non-hydrogen) atoms. The Bertz CT molecular complexity index is 415. The molecule has 1 saturated carbocycles. The lowest BCUT2D eigenvalue weighted by molar-refractivity contribution is 0.134. The number of alkyl halides is 1. The highest BCUT2D eigenvalue weighted by atomic mass is 35.5. The molecule has 5 heteroatoms. The summed E-state index contributed by atoms with van der Waals surface area (Å²) < 4.78 is 12.9. The van der Waals surface area contributed by atoms with Crippen molar-refractivity contribution in [3.63, 3.8) is 0 Å². The highest BCUT2D eigenvalue weighted by Crippen LogP contribution is 2.45. The molecule has 0 N–H and O–H groups in total. The van der Waals surface area contributed by atoms with Gasteiger partial charge in [-0.25, -0.2) is 9.37 Å². The maximum absolute atomic E-state index is 12.9. The van der Waals surface area contributed by atoms with Gasteiger partial charge < -0.3 is 0 Å². The van der Waals surface area contributed by atoms with Crippen molar-refractivity contribution in [2.75, 3.05) is 0 Å². The van der Waals surface area contributed by atoms with Crippen molar-refractivity contribution in [1.82, 2.24) is 4.98 Å². The summed E-state index contributed by atoms with van der Waals surface area (Å²) in [4.78, 5) is 3.79. The van der Waals surface area contributed by atoms with E-state index in [9.17, 15) is 4.39 Å². The van der Waals surface area contributed by atoms with E-state index in [0.29, 0.717) is 5.56 Å². The molecule has 0 aromatic carbocycles. The molecule has 2 rings (SSSR count). The molecule has 78 valence electrons. The van der Waals surface area contributed by atoms with E-state index in [4.69, 9.17) is 28.5 Å². The smallest absolute Gasteiger partial charge is 0.131 e. The predicted molar refractivity (Wildman–Crippen MR) is 55.7 cm³/mol. The van der Waals surface area contributed by atoms with Gasteiger partial charge in [-0.1, -0.05) is 23.2 Å². The summed E-state index contributed by atoms with van der Waals surface area (Å²) in [6.45, 7) is 0. The van der Waals surface area contributed by atoms with Crippen LogP contribution in [0.3, 0.4) is 0 Å². The van der Waals surface area contributed by atoms with Crippen LogP contribution in [-0.2, 0) is 5.41 Å². The number of rotatable bonds is 1. The Balaban J connectivity index is 2.41. The fraction of sp³-hybridized carbons (Fsp3) is 0.400.